The van der Waals surface area contributed by atoms with Crippen LogP contribution < -0.4 is 0 Å². The summed E-state index contributed by atoms with van der Waals surface area (Å²) >= 11 is 0. The molecular weight excluding hydrogens is 204 g/mol. The number of hydrogen-bond acceptors (Lipinski definition) is 4. The first-order valence-corrected chi connectivity index (χ1v) is 5.65. The smallest absolute Gasteiger partial charge is 0.316 e. The van der Waals surface area contributed by atoms with Gasteiger partial charge in [-0.25, -0.2) is 0 Å². The number of aromatic nitrogens is 2. The van der Waals surface area contributed by atoms with Gasteiger partial charge in [0.2, 0.25) is 0 Å². The van der Waals surface area contributed by atoms with Crippen LogP contribution >= 0.6 is 0 Å². The summed E-state index contributed by atoms with van der Waals surface area (Å²) in [5.74, 6) is -0.139. The predicted octanol–water partition coefficient (Wildman–Crippen LogP) is 1.85. The molecule has 2 rings (SSSR count). The summed E-state index contributed by atoms with van der Waals surface area (Å²) in [5.41, 5.74) is 0.456. The lowest BCUT2D eigenvalue weighted by Crippen LogP contribution is -2.39. The second-order valence-corrected chi connectivity index (χ2v) is 4.27. The molecule has 0 radical (unpaired) electrons. The lowest BCUT2D eigenvalue weighted by molar-refractivity contribution is -0.149. The van der Waals surface area contributed by atoms with Gasteiger partial charge in [-0.2, -0.15) is 10.2 Å². The van der Waals surface area contributed by atoms with Crippen LogP contribution in [-0.2, 0) is 14.9 Å². The Morgan fingerprint density at radius 3 is 2.62 bits per heavy atom. The van der Waals surface area contributed by atoms with Gasteiger partial charge in [-0.15, -0.1) is 0 Å². The Labute approximate surface area is 95.0 Å². The molecule has 1 aromatic rings. The molecule has 0 saturated heterocycles. The van der Waals surface area contributed by atoms with Gasteiger partial charge in [-0.1, -0.05) is 19.3 Å². The summed E-state index contributed by atoms with van der Waals surface area (Å²) in [4.78, 5) is 12.0. The van der Waals surface area contributed by atoms with Gasteiger partial charge < -0.3 is 4.74 Å². The maximum absolute atomic E-state index is 12.0. The topological polar surface area (TPSA) is 52.1 Å². The van der Waals surface area contributed by atoms with E-state index in [0.29, 0.717) is 0 Å². The summed E-state index contributed by atoms with van der Waals surface area (Å²) in [6, 6.07) is 1.87. The van der Waals surface area contributed by atoms with Crippen molar-refractivity contribution in [2.45, 2.75) is 37.5 Å². The van der Waals surface area contributed by atoms with Crippen molar-refractivity contribution in [3.05, 3.63) is 24.0 Å². The minimum atomic E-state index is -0.483. The molecule has 1 aromatic heterocycles. The number of hydrogen-bond donors (Lipinski definition) is 0. The molecule has 0 aliphatic heterocycles. The van der Waals surface area contributed by atoms with Crippen LogP contribution in [0.15, 0.2) is 18.5 Å². The van der Waals surface area contributed by atoms with Crippen molar-refractivity contribution >= 4 is 5.97 Å². The van der Waals surface area contributed by atoms with E-state index in [1.807, 2.05) is 6.07 Å². The molecule has 16 heavy (non-hydrogen) atoms. The minimum absolute atomic E-state index is 0.139. The van der Waals surface area contributed by atoms with Crippen LogP contribution in [-0.4, -0.2) is 23.3 Å². The van der Waals surface area contributed by atoms with E-state index in [0.717, 1.165) is 31.2 Å². The fourth-order valence-corrected chi connectivity index (χ4v) is 2.54. The van der Waals surface area contributed by atoms with E-state index in [2.05, 4.69) is 10.2 Å². The van der Waals surface area contributed by atoms with Crippen LogP contribution in [0.25, 0.3) is 0 Å². The first-order valence-electron chi connectivity index (χ1n) is 5.65. The fourth-order valence-electron chi connectivity index (χ4n) is 2.54. The molecule has 1 fully saturated rings. The molecule has 0 bridgehead atoms. The molecule has 0 spiro atoms. The van der Waals surface area contributed by atoms with Crippen LogP contribution in [0.2, 0.25) is 0 Å². The number of nitrogens with zero attached hydrogens (tertiary/aromatic N) is 2. The number of esters is 1. The molecule has 1 saturated carbocycles. The van der Waals surface area contributed by atoms with E-state index in [1.54, 1.807) is 12.4 Å². The molecule has 0 atom stereocenters. The lowest BCUT2D eigenvalue weighted by Gasteiger charge is -2.34. The van der Waals surface area contributed by atoms with E-state index in [4.69, 9.17) is 4.74 Å². The van der Waals surface area contributed by atoms with Gasteiger partial charge in [-0.05, 0) is 24.5 Å². The van der Waals surface area contributed by atoms with Crippen LogP contribution in [0.5, 0.6) is 0 Å². The SMILES string of the molecule is COC(=O)C1(c2ccnnc2)CCCCC1. The van der Waals surface area contributed by atoms with E-state index in [-0.39, 0.29) is 5.97 Å². The predicted molar refractivity (Wildman–Crippen MR) is 58.8 cm³/mol. The molecule has 0 unspecified atom stereocenters. The largest absolute Gasteiger partial charge is 0.468 e. The van der Waals surface area contributed by atoms with Gasteiger partial charge in [0, 0.05) is 6.20 Å². The Balaban J connectivity index is 2.38. The Bertz CT molecular complexity index is 359. The normalized spacial score (nSPS) is 19.1. The molecular formula is C12H16N2O2. The molecule has 86 valence electrons. The Hall–Kier alpha value is -1.45. The van der Waals surface area contributed by atoms with Crippen LogP contribution in [0.3, 0.4) is 0 Å². The van der Waals surface area contributed by atoms with E-state index < -0.39 is 5.41 Å². The zero-order chi connectivity index (χ0) is 11.4. The minimum Gasteiger partial charge on any atom is -0.468 e. The summed E-state index contributed by atoms with van der Waals surface area (Å²) in [5, 5.41) is 7.62. The molecule has 4 heteroatoms. The maximum Gasteiger partial charge on any atom is 0.316 e. The van der Waals surface area contributed by atoms with Gasteiger partial charge in [0.25, 0.3) is 0 Å². The third kappa shape index (κ3) is 1.79. The standard InChI is InChI=1S/C12H16N2O2/c1-16-11(15)12(6-3-2-4-7-12)10-5-8-13-14-9-10/h5,8-9H,2-4,6-7H2,1H3. The number of carbonyl (C=O) groups excluding carboxylic acids is 1. The highest BCUT2D eigenvalue weighted by Crippen LogP contribution is 2.39. The van der Waals surface area contributed by atoms with Crippen molar-refractivity contribution in [2.75, 3.05) is 7.11 Å². The third-order valence-corrected chi connectivity index (χ3v) is 3.42. The first-order chi connectivity index (χ1) is 7.79. The van der Waals surface area contributed by atoms with Crippen LogP contribution in [0.4, 0.5) is 0 Å². The van der Waals surface area contributed by atoms with E-state index in [9.17, 15) is 4.79 Å². The molecule has 0 N–H and O–H groups in total. The van der Waals surface area contributed by atoms with Crippen molar-refractivity contribution < 1.29 is 9.53 Å². The fraction of sp³-hybridized carbons (Fsp3) is 0.583. The summed E-state index contributed by atoms with van der Waals surface area (Å²) in [6.45, 7) is 0. The van der Waals surface area contributed by atoms with Gasteiger partial charge in [0.05, 0.1) is 18.7 Å². The van der Waals surface area contributed by atoms with Crippen LogP contribution in [0.1, 0.15) is 37.7 Å². The quantitative estimate of drug-likeness (QED) is 0.714. The van der Waals surface area contributed by atoms with E-state index in [1.165, 1.54) is 13.5 Å². The Morgan fingerprint density at radius 1 is 1.31 bits per heavy atom. The highest BCUT2D eigenvalue weighted by Gasteiger charge is 2.42. The van der Waals surface area contributed by atoms with Gasteiger partial charge in [-0.3, -0.25) is 4.79 Å². The van der Waals surface area contributed by atoms with E-state index >= 15 is 0 Å². The van der Waals surface area contributed by atoms with Crippen molar-refractivity contribution in [1.29, 1.82) is 0 Å². The third-order valence-electron chi connectivity index (χ3n) is 3.42. The highest BCUT2D eigenvalue weighted by atomic mass is 16.5. The summed E-state index contributed by atoms with van der Waals surface area (Å²) in [6.07, 6.45) is 8.35. The molecule has 0 aromatic carbocycles. The maximum atomic E-state index is 12.0. The highest BCUT2D eigenvalue weighted by molar-refractivity contribution is 5.83. The Kier molecular flexibility index (Phi) is 3.17. The first kappa shape index (κ1) is 11.0. The zero-order valence-electron chi connectivity index (χ0n) is 9.48. The molecule has 0 amide bonds. The van der Waals surface area contributed by atoms with Gasteiger partial charge in [0.15, 0.2) is 0 Å². The monoisotopic (exact) mass is 220 g/mol. The van der Waals surface area contributed by atoms with Gasteiger partial charge in [0.1, 0.15) is 0 Å². The second-order valence-electron chi connectivity index (χ2n) is 4.27. The number of rotatable bonds is 2. The molecule has 1 aliphatic rings. The van der Waals surface area contributed by atoms with Crippen LogP contribution in [0, 0.1) is 0 Å². The molecule has 1 heterocycles. The van der Waals surface area contributed by atoms with Crippen molar-refractivity contribution in [1.82, 2.24) is 10.2 Å². The van der Waals surface area contributed by atoms with Crippen molar-refractivity contribution in [3.8, 4) is 0 Å². The molecule has 1 aliphatic carbocycles. The Morgan fingerprint density at radius 2 is 2.06 bits per heavy atom. The summed E-state index contributed by atoms with van der Waals surface area (Å²) < 4.78 is 4.96. The second kappa shape index (κ2) is 4.60. The number of carbonyl (C=O) groups is 1. The van der Waals surface area contributed by atoms with Crippen molar-refractivity contribution in [3.63, 3.8) is 0 Å². The average Bonchev–Trinajstić information content (AvgIpc) is 2.39. The average molecular weight is 220 g/mol. The van der Waals surface area contributed by atoms with Gasteiger partial charge >= 0.3 is 5.97 Å². The number of methoxy groups -OCH3 is 1. The lowest BCUT2D eigenvalue weighted by atomic mass is 9.70. The number of ether oxygens (including phenoxy) is 1. The zero-order valence-corrected chi connectivity index (χ0v) is 9.48. The summed E-state index contributed by atoms with van der Waals surface area (Å²) in [7, 11) is 1.45. The van der Waals surface area contributed by atoms with Crippen molar-refractivity contribution in [2.24, 2.45) is 0 Å². The molecule has 4 nitrogen and oxygen atoms in total.